The van der Waals surface area contributed by atoms with Gasteiger partial charge >= 0.3 is 6.18 Å². The van der Waals surface area contributed by atoms with Gasteiger partial charge in [-0.15, -0.1) is 5.10 Å². The van der Waals surface area contributed by atoms with Crippen molar-refractivity contribution < 1.29 is 18.0 Å². The quantitative estimate of drug-likeness (QED) is 0.422. The Morgan fingerprint density at radius 1 is 1.13 bits per heavy atom. The average Bonchev–Trinajstić information content (AvgIpc) is 3.29. The zero-order valence-corrected chi connectivity index (χ0v) is 17.2. The minimum absolute atomic E-state index is 0.0735. The van der Waals surface area contributed by atoms with Crippen LogP contribution < -0.4 is 5.32 Å². The van der Waals surface area contributed by atoms with Gasteiger partial charge in [-0.25, -0.2) is 9.67 Å². The largest absolute Gasteiger partial charge is 0.416 e. The van der Waals surface area contributed by atoms with E-state index in [1.807, 2.05) is 31.2 Å². The van der Waals surface area contributed by atoms with E-state index in [0.717, 1.165) is 28.0 Å². The van der Waals surface area contributed by atoms with E-state index < -0.39 is 11.7 Å². The lowest BCUT2D eigenvalue weighted by Crippen LogP contribution is -2.19. The van der Waals surface area contributed by atoms with Crippen LogP contribution in [-0.2, 0) is 12.6 Å². The number of hydrogen-bond donors (Lipinski definition) is 1. The third kappa shape index (κ3) is 3.59. The highest BCUT2D eigenvalue weighted by Crippen LogP contribution is 2.36. The monoisotopic (exact) mass is 442 g/mol. The molecule has 0 aliphatic heterocycles. The minimum atomic E-state index is -4.46. The number of anilines is 2. The van der Waals surface area contributed by atoms with Crippen LogP contribution in [0.15, 0.2) is 48.5 Å². The molecule has 5 rings (SSSR count). The molecule has 5 nitrogen and oxygen atoms in total. The number of halogens is 3. The molecule has 158 valence electrons. The van der Waals surface area contributed by atoms with Crippen LogP contribution in [0.5, 0.6) is 0 Å². The smallest absolute Gasteiger partial charge is 0.338 e. The summed E-state index contributed by atoms with van der Waals surface area (Å²) in [5, 5.41) is 8.14. The van der Waals surface area contributed by atoms with Crippen LogP contribution >= 0.6 is 11.3 Å². The van der Waals surface area contributed by atoms with Crippen molar-refractivity contribution in [3.8, 4) is 5.13 Å². The number of hydrogen-bond acceptors (Lipinski definition) is 5. The summed E-state index contributed by atoms with van der Waals surface area (Å²) in [4.78, 5) is 17.5. The van der Waals surface area contributed by atoms with Gasteiger partial charge in [0.1, 0.15) is 0 Å². The number of Topliss-reactive ketones (excluding diaryl/α,β-unsaturated/α-hetero) is 1. The molecule has 1 aliphatic rings. The molecule has 0 amide bonds. The van der Waals surface area contributed by atoms with Crippen LogP contribution in [0, 0.1) is 5.92 Å². The number of nitrogens with zero attached hydrogens (tertiary/aromatic N) is 3. The fourth-order valence-corrected chi connectivity index (χ4v) is 4.80. The van der Waals surface area contributed by atoms with E-state index in [1.165, 1.54) is 23.5 Å². The molecule has 2 aromatic heterocycles. The highest BCUT2D eigenvalue weighted by molar-refractivity contribution is 7.20. The average molecular weight is 442 g/mol. The number of carbonyl (C=O) groups is 1. The van der Waals surface area contributed by atoms with Gasteiger partial charge in [-0.3, -0.25) is 4.79 Å². The molecule has 1 N–H and O–H groups in total. The van der Waals surface area contributed by atoms with Crippen molar-refractivity contribution in [2.75, 3.05) is 5.32 Å². The number of alkyl halides is 3. The van der Waals surface area contributed by atoms with Gasteiger partial charge in [0, 0.05) is 12.1 Å². The number of thiazole rings is 1. The Balaban J connectivity index is 1.62. The van der Waals surface area contributed by atoms with Crippen molar-refractivity contribution in [1.82, 2.24) is 14.8 Å². The van der Waals surface area contributed by atoms with Gasteiger partial charge in [0.05, 0.1) is 27.0 Å². The summed E-state index contributed by atoms with van der Waals surface area (Å²) in [6, 6.07) is 12.6. The van der Waals surface area contributed by atoms with Gasteiger partial charge in [-0.05, 0) is 42.7 Å². The fraction of sp³-hybridized carbons (Fsp3) is 0.227. The number of rotatable bonds is 3. The van der Waals surface area contributed by atoms with E-state index in [9.17, 15) is 18.0 Å². The molecule has 2 aromatic carbocycles. The first kappa shape index (κ1) is 19.7. The summed E-state index contributed by atoms with van der Waals surface area (Å²) in [7, 11) is 0. The summed E-state index contributed by atoms with van der Waals surface area (Å²) >= 11 is 1.45. The van der Waals surface area contributed by atoms with Crippen LogP contribution in [0.3, 0.4) is 0 Å². The molecule has 0 unspecified atom stereocenters. The number of para-hydroxylation sites is 1. The van der Waals surface area contributed by atoms with Gasteiger partial charge in [0.15, 0.2) is 11.6 Å². The molecule has 0 saturated heterocycles. The zero-order valence-electron chi connectivity index (χ0n) is 16.4. The van der Waals surface area contributed by atoms with Crippen LogP contribution in [0.2, 0.25) is 0 Å². The number of fused-ring (bicyclic) bond motifs is 2. The lowest BCUT2D eigenvalue weighted by Gasteiger charge is -2.18. The Morgan fingerprint density at radius 3 is 2.71 bits per heavy atom. The van der Waals surface area contributed by atoms with Crippen LogP contribution in [0.4, 0.5) is 24.7 Å². The number of carbonyl (C=O) groups excluding carboxylic acids is 1. The summed E-state index contributed by atoms with van der Waals surface area (Å²) in [5.74, 6) is 0.326. The van der Waals surface area contributed by atoms with Crippen molar-refractivity contribution in [1.29, 1.82) is 0 Å². The Labute approximate surface area is 179 Å². The highest BCUT2D eigenvalue weighted by Gasteiger charge is 2.33. The topological polar surface area (TPSA) is 59.8 Å². The molecule has 4 aromatic rings. The molecular weight excluding hydrogens is 425 g/mol. The summed E-state index contributed by atoms with van der Waals surface area (Å²) in [6.45, 7) is 2.00. The van der Waals surface area contributed by atoms with Gasteiger partial charge in [0.2, 0.25) is 5.13 Å². The van der Waals surface area contributed by atoms with Crippen molar-refractivity contribution in [2.24, 2.45) is 5.92 Å². The first-order valence-corrected chi connectivity index (χ1v) is 10.6. The van der Waals surface area contributed by atoms with Crippen molar-refractivity contribution in [3.63, 3.8) is 0 Å². The third-order valence-corrected chi connectivity index (χ3v) is 6.26. The predicted octanol–water partition coefficient (Wildman–Crippen LogP) is 6.01. The third-order valence-electron chi connectivity index (χ3n) is 5.25. The SMILES string of the molecule is C[C@H]1CC(=O)c2c(Nc3cccc(C(F)(F)F)c3)nn(-c3nc4ccccc4s3)c2C1. The van der Waals surface area contributed by atoms with Gasteiger partial charge in [0.25, 0.3) is 0 Å². The first-order chi connectivity index (χ1) is 14.8. The lowest BCUT2D eigenvalue weighted by molar-refractivity contribution is -0.137. The van der Waals surface area contributed by atoms with E-state index in [2.05, 4.69) is 15.4 Å². The van der Waals surface area contributed by atoms with Gasteiger partial charge in [-0.1, -0.05) is 36.5 Å². The molecule has 0 radical (unpaired) electrons. The predicted molar refractivity (Wildman–Crippen MR) is 113 cm³/mol. The normalized spacial score (nSPS) is 16.5. The maximum absolute atomic E-state index is 13.1. The number of aromatic nitrogens is 3. The van der Waals surface area contributed by atoms with Crippen LogP contribution in [-0.4, -0.2) is 20.5 Å². The summed E-state index contributed by atoms with van der Waals surface area (Å²) in [6.07, 6.45) is -3.45. The maximum atomic E-state index is 13.1. The van der Waals surface area contributed by atoms with E-state index in [-0.39, 0.29) is 23.2 Å². The molecule has 9 heteroatoms. The van der Waals surface area contributed by atoms with Gasteiger partial charge < -0.3 is 5.32 Å². The second-order valence-corrected chi connectivity index (χ2v) is 8.70. The van der Waals surface area contributed by atoms with Crippen molar-refractivity contribution in [2.45, 2.75) is 25.9 Å². The van der Waals surface area contributed by atoms with Crippen LogP contribution in [0.25, 0.3) is 15.3 Å². The molecule has 0 spiro atoms. The number of benzene rings is 2. The fourth-order valence-electron chi connectivity index (χ4n) is 3.86. The first-order valence-electron chi connectivity index (χ1n) is 9.75. The Bertz CT molecular complexity index is 1270. The van der Waals surface area contributed by atoms with E-state index in [4.69, 9.17) is 0 Å². The molecule has 2 heterocycles. The molecule has 1 atom stereocenters. The molecular formula is C22H17F3N4OS. The maximum Gasteiger partial charge on any atom is 0.416 e. The molecule has 1 aliphatic carbocycles. The molecule has 0 fully saturated rings. The number of nitrogens with one attached hydrogen (secondary N) is 1. The second-order valence-electron chi connectivity index (χ2n) is 7.69. The Hall–Kier alpha value is -3.20. The second kappa shape index (κ2) is 7.19. The zero-order chi connectivity index (χ0) is 21.8. The van der Waals surface area contributed by atoms with E-state index in [0.29, 0.717) is 23.5 Å². The standard InChI is InChI=1S/C22H17F3N4OS/c1-12-9-16-19(17(30)10-12)20(26-14-6-4-5-13(11-14)22(23,24)25)28-29(16)21-27-15-7-2-3-8-18(15)31-21/h2-8,11-12H,9-10H2,1H3,(H,26,28)/t12-/m1/s1. The van der Waals surface area contributed by atoms with Gasteiger partial charge in [-0.2, -0.15) is 13.2 Å². The molecule has 0 saturated carbocycles. The Kier molecular flexibility index (Phi) is 4.58. The number of ketones is 1. The van der Waals surface area contributed by atoms with Crippen molar-refractivity contribution >= 4 is 38.8 Å². The summed E-state index contributed by atoms with van der Waals surface area (Å²) < 4.78 is 42.0. The van der Waals surface area contributed by atoms with Crippen LogP contribution in [0.1, 0.15) is 35.0 Å². The minimum Gasteiger partial charge on any atom is -0.338 e. The van der Waals surface area contributed by atoms with Crippen molar-refractivity contribution in [3.05, 3.63) is 65.4 Å². The lowest BCUT2D eigenvalue weighted by atomic mass is 9.88. The van der Waals surface area contributed by atoms with E-state index in [1.54, 1.807) is 4.68 Å². The highest BCUT2D eigenvalue weighted by atomic mass is 32.1. The molecule has 31 heavy (non-hydrogen) atoms. The Morgan fingerprint density at radius 2 is 1.94 bits per heavy atom. The molecule has 0 bridgehead atoms. The summed E-state index contributed by atoms with van der Waals surface area (Å²) in [5.41, 5.74) is 1.44. The van der Waals surface area contributed by atoms with E-state index >= 15 is 0 Å².